The van der Waals surface area contributed by atoms with Crippen LogP contribution in [0.25, 0.3) is 6.08 Å². The predicted octanol–water partition coefficient (Wildman–Crippen LogP) is 8.25. The van der Waals surface area contributed by atoms with Crippen LogP contribution < -0.4 is 10.2 Å². The average molecular weight is 443 g/mol. The van der Waals surface area contributed by atoms with Crippen LogP contribution in [-0.2, 0) is 0 Å². The molecule has 1 aliphatic heterocycles. The molecule has 0 atom stereocenters. The number of anilines is 1. The van der Waals surface area contributed by atoms with Crippen molar-refractivity contribution in [2.75, 3.05) is 18.0 Å². The Labute approximate surface area is 202 Å². The minimum Gasteiger partial charge on any atom is -0.372 e. The molecule has 176 valence electrons. The molecule has 0 radical (unpaired) electrons. The Morgan fingerprint density at radius 1 is 1.12 bits per heavy atom. The van der Waals surface area contributed by atoms with E-state index in [1.165, 1.54) is 52.9 Å². The number of allylic oxidation sites excluding steroid dienone is 8. The molecule has 0 spiro atoms. The van der Waals surface area contributed by atoms with Gasteiger partial charge in [-0.3, -0.25) is 0 Å². The van der Waals surface area contributed by atoms with Gasteiger partial charge in [-0.25, -0.2) is 0 Å². The molecule has 3 rings (SSSR count). The van der Waals surface area contributed by atoms with Gasteiger partial charge in [0.1, 0.15) is 0 Å². The Bertz CT molecular complexity index is 969. The van der Waals surface area contributed by atoms with Crippen LogP contribution in [0.1, 0.15) is 70.4 Å². The summed E-state index contributed by atoms with van der Waals surface area (Å²) in [5, 5.41) is 3.32. The van der Waals surface area contributed by atoms with Gasteiger partial charge in [0.25, 0.3) is 0 Å². The Kier molecular flexibility index (Phi) is 9.00. The van der Waals surface area contributed by atoms with E-state index in [1.54, 1.807) is 0 Å². The number of rotatable bonds is 10. The van der Waals surface area contributed by atoms with Crippen molar-refractivity contribution < 1.29 is 0 Å². The molecule has 33 heavy (non-hydrogen) atoms. The van der Waals surface area contributed by atoms with Crippen LogP contribution in [0.4, 0.5) is 5.69 Å². The minimum atomic E-state index is 0.154. The third-order valence-corrected chi connectivity index (χ3v) is 6.84. The summed E-state index contributed by atoms with van der Waals surface area (Å²) in [6.07, 6.45) is 24.3. The third-order valence-electron chi connectivity index (χ3n) is 6.84. The molecule has 2 nitrogen and oxygen atoms in total. The van der Waals surface area contributed by atoms with Crippen molar-refractivity contribution in [2.45, 2.75) is 66.2 Å². The lowest BCUT2D eigenvalue weighted by molar-refractivity contribution is 0.428. The monoisotopic (exact) mass is 442 g/mol. The second-order valence-electron chi connectivity index (χ2n) is 9.93. The van der Waals surface area contributed by atoms with Gasteiger partial charge in [0.05, 0.1) is 0 Å². The van der Waals surface area contributed by atoms with E-state index >= 15 is 0 Å². The Hall–Kier alpha value is -2.74. The summed E-state index contributed by atoms with van der Waals surface area (Å²) in [6.45, 7) is 15.3. The van der Waals surface area contributed by atoms with Gasteiger partial charge in [-0.05, 0) is 98.4 Å². The van der Waals surface area contributed by atoms with Crippen molar-refractivity contribution in [3.8, 4) is 0 Å². The highest BCUT2D eigenvalue weighted by Gasteiger charge is 2.27. The molecule has 0 amide bonds. The number of aryl methyl sites for hydroxylation is 1. The van der Waals surface area contributed by atoms with Gasteiger partial charge in [-0.1, -0.05) is 56.2 Å². The number of unbranched alkanes of at least 4 members (excludes halogenated alkanes) is 3. The lowest BCUT2D eigenvalue weighted by atomic mass is 9.72. The van der Waals surface area contributed by atoms with Gasteiger partial charge in [-0.15, -0.1) is 6.58 Å². The molecule has 0 fully saturated rings. The Morgan fingerprint density at radius 2 is 1.97 bits per heavy atom. The molecule has 1 aliphatic carbocycles. The zero-order valence-corrected chi connectivity index (χ0v) is 21.2. The van der Waals surface area contributed by atoms with Crippen LogP contribution in [0.3, 0.4) is 0 Å². The number of nitrogens with one attached hydrogen (secondary N) is 1. The molecule has 0 saturated heterocycles. The highest BCUT2D eigenvalue weighted by Crippen LogP contribution is 2.42. The Morgan fingerprint density at radius 3 is 2.64 bits per heavy atom. The maximum Gasteiger partial charge on any atom is 0.0382 e. The highest BCUT2D eigenvalue weighted by atomic mass is 15.1. The van der Waals surface area contributed by atoms with Crippen molar-refractivity contribution in [2.24, 2.45) is 5.41 Å². The molecule has 0 bridgehead atoms. The quantitative estimate of drug-likeness (QED) is 0.290. The number of dihydropyridines is 1. The maximum absolute atomic E-state index is 3.83. The van der Waals surface area contributed by atoms with E-state index in [9.17, 15) is 0 Å². The number of nitrogens with zero attached hydrogens (tertiary/aromatic N) is 1. The van der Waals surface area contributed by atoms with E-state index < -0.39 is 0 Å². The number of hydrogen-bond acceptors (Lipinski definition) is 2. The van der Waals surface area contributed by atoms with Gasteiger partial charge in [-0.2, -0.15) is 0 Å². The molecule has 1 N–H and O–H groups in total. The standard InChI is InChI=1S/C31H42N2/c1-6-8-9-10-13-20-33(7-2)30-18-16-27(25(3)21-30)23-28-17-15-26(24-31(28,4)5)22-29-14-11-12-19-32-29/h6,11-12,14-16,18-19,21-23,32H,1,7-10,13,17,20,24H2,2-5H3/b28-23+,29-22+. The lowest BCUT2D eigenvalue weighted by Crippen LogP contribution is -2.24. The van der Waals surface area contributed by atoms with E-state index in [-0.39, 0.29) is 5.41 Å². The molecule has 2 aliphatic rings. The summed E-state index contributed by atoms with van der Waals surface area (Å²) in [7, 11) is 0. The fourth-order valence-corrected chi connectivity index (χ4v) is 4.72. The molecule has 1 aromatic rings. The van der Waals surface area contributed by atoms with Crippen molar-refractivity contribution >= 4 is 11.8 Å². The summed E-state index contributed by atoms with van der Waals surface area (Å²) in [5.74, 6) is 0. The van der Waals surface area contributed by atoms with E-state index in [1.807, 2.05) is 18.4 Å². The molecular weight excluding hydrogens is 400 g/mol. The van der Waals surface area contributed by atoms with Gasteiger partial charge < -0.3 is 10.2 Å². The second-order valence-corrected chi connectivity index (χ2v) is 9.93. The zero-order valence-electron chi connectivity index (χ0n) is 21.2. The molecule has 1 aromatic carbocycles. The van der Waals surface area contributed by atoms with Crippen molar-refractivity contribution in [3.05, 3.63) is 95.4 Å². The van der Waals surface area contributed by atoms with E-state index in [0.717, 1.165) is 32.4 Å². The van der Waals surface area contributed by atoms with E-state index in [4.69, 9.17) is 0 Å². The van der Waals surface area contributed by atoms with E-state index in [2.05, 4.69) is 93.1 Å². The molecule has 1 heterocycles. The van der Waals surface area contributed by atoms with Crippen molar-refractivity contribution in [1.82, 2.24) is 5.32 Å². The lowest BCUT2D eigenvalue weighted by Gasteiger charge is -2.33. The molecular formula is C31H42N2. The molecule has 0 unspecified atom stereocenters. The summed E-state index contributed by atoms with van der Waals surface area (Å²) in [6, 6.07) is 7.00. The minimum absolute atomic E-state index is 0.154. The van der Waals surface area contributed by atoms with Crippen LogP contribution in [0.15, 0.2) is 84.3 Å². The molecule has 2 heteroatoms. The van der Waals surface area contributed by atoms with Crippen LogP contribution in [-0.4, -0.2) is 13.1 Å². The first-order valence-electron chi connectivity index (χ1n) is 12.6. The molecule has 0 aromatic heterocycles. The van der Waals surface area contributed by atoms with Crippen LogP contribution in [0.2, 0.25) is 0 Å². The number of hydrogen-bond donors (Lipinski definition) is 1. The van der Waals surface area contributed by atoms with E-state index in [0.29, 0.717) is 0 Å². The van der Waals surface area contributed by atoms with Crippen LogP contribution in [0.5, 0.6) is 0 Å². The Balaban J connectivity index is 1.70. The predicted molar refractivity (Wildman–Crippen MR) is 146 cm³/mol. The van der Waals surface area contributed by atoms with Gasteiger partial charge >= 0.3 is 0 Å². The zero-order chi connectivity index (χ0) is 23.7. The summed E-state index contributed by atoms with van der Waals surface area (Å²) < 4.78 is 0. The molecule has 0 saturated carbocycles. The van der Waals surface area contributed by atoms with Crippen LogP contribution >= 0.6 is 0 Å². The normalized spacial score (nSPS) is 19.5. The average Bonchev–Trinajstić information content (AvgIpc) is 2.79. The second kappa shape index (κ2) is 11.9. The highest BCUT2D eigenvalue weighted by molar-refractivity contribution is 5.63. The summed E-state index contributed by atoms with van der Waals surface area (Å²) >= 11 is 0. The summed E-state index contributed by atoms with van der Waals surface area (Å²) in [4.78, 5) is 2.51. The van der Waals surface area contributed by atoms with Crippen molar-refractivity contribution in [3.63, 3.8) is 0 Å². The van der Waals surface area contributed by atoms with Gasteiger partial charge in [0, 0.05) is 30.7 Å². The third kappa shape index (κ3) is 7.12. The largest absolute Gasteiger partial charge is 0.372 e. The van der Waals surface area contributed by atoms with Crippen molar-refractivity contribution in [1.29, 1.82) is 0 Å². The first kappa shape index (κ1) is 24.9. The first-order chi connectivity index (χ1) is 15.9. The smallest absolute Gasteiger partial charge is 0.0382 e. The fraction of sp³-hybridized carbons (Fsp3) is 0.419. The fourth-order valence-electron chi connectivity index (χ4n) is 4.72. The van der Waals surface area contributed by atoms with Gasteiger partial charge in [0.15, 0.2) is 0 Å². The van der Waals surface area contributed by atoms with Crippen LogP contribution in [0, 0.1) is 12.3 Å². The number of benzene rings is 1. The topological polar surface area (TPSA) is 15.3 Å². The summed E-state index contributed by atoms with van der Waals surface area (Å²) in [5.41, 5.74) is 8.31. The first-order valence-corrected chi connectivity index (χ1v) is 12.6. The van der Waals surface area contributed by atoms with Gasteiger partial charge in [0.2, 0.25) is 0 Å². The SMILES string of the molecule is C=CCCCCCN(CC)c1ccc(/C=C2\CC=C(/C=C3\C=CC=CN3)CC2(C)C)c(C)c1. The maximum atomic E-state index is 3.83.